The highest BCUT2D eigenvalue weighted by atomic mass is 35.5. The van der Waals surface area contributed by atoms with Crippen LogP contribution in [-0.2, 0) is 11.2 Å². The molecule has 3 N–H and O–H groups in total. The van der Waals surface area contributed by atoms with Crippen LogP contribution < -0.4 is 15.8 Å². The van der Waals surface area contributed by atoms with Crippen molar-refractivity contribution < 1.29 is 23.5 Å². The molecule has 9 nitrogen and oxygen atoms in total. The van der Waals surface area contributed by atoms with Crippen molar-refractivity contribution in [1.29, 1.82) is 0 Å². The minimum Gasteiger partial charge on any atom is -0.492 e. The zero-order chi connectivity index (χ0) is 27.8. The number of nitrogens with two attached hydrogens (primary N) is 1. The number of anilines is 1. The number of aromatic nitrogens is 1. The zero-order valence-corrected chi connectivity index (χ0v) is 22.6. The summed E-state index contributed by atoms with van der Waals surface area (Å²) in [6, 6.07) is 8.22. The van der Waals surface area contributed by atoms with Crippen LogP contribution >= 0.6 is 11.6 Å². The van der Waals surface area contributed by atoms with Gasteiger partial charge in [-0.05, 0) is 69.1 Å². The minimum absolute atomic E-state index is 0.0173. The topological polar surface area (TPSA) is 110 Å². The molecule has 1 aliphatic carbocycles. The van der Waals surface area contributed by atoms with Crippen LogP contribution in [0.3, 0.4) is 0 Å². The number of halogens is 2. The van der Waals surface area contributed by atoms with Gasteiger partial charge in [-0.15, -0.1) is 0 Å². The number of nitrogens with one attached hydrogen (secondary N) is 1. The molecule has 3 amide bonds. The van der Waals surface area contributed by atoms with Gasteiger partial charge in [0.05, 0.1) is 22.3 Å². The van der Waals surface area contributed by atoms with E-state index in [-0.39, 0.29) is 35.6 Å². The summed E-state index contributed by atoms with van der Waals surface area (Å²) in [6.07, 6.45) is 3.21. The number of primary amides is 1. The van der Waals surface area contributed by atoms with Gasteiger partial charge < -0.3 is 25.6 Å². The number of urea groups is 1. The van der Waals surface area contributed by atoms with Crippen molar-refractivity contribution in [3.05, 3.63) is 59.0 Å². The van der Waals surface area contributed by atoms with E-state index in [9.17, 15) is 18.8 Å². The summed E-state index contributed by atoms with van der Waals surface area (Å²) in [5.41, 5.74) is 6.87. The molecule has 1 saturated carbocycles. The number of piperidine rings is 1. The maximum atomic E-state index is 14.3. The molecule has 2 aliphatic rings. The first-order valence-electron chi connectivity index (χ1n) is 12.9. The molecule has 1 saturated heterocycles. The molecule has 0 radical (unpaired) electrons. The summed E-state index contributed by atoms with van der Waals surface area (Å²) in [5.74, 6) is 0.225. The Kier molecular flexibility index (Phi) is 7.51. The highest BCUT2D eigenvalue weighted by molar-refractivity contribution is 6.30. The molecular weight excluding hydrogens is 525 g/mol. The van der Waals surface area contributed by atoms with E-state index in [0.717, 1.165) is 13.0 Å². The third kappa shape index (κ3) is 5.58. The first-order chi connectivity index (χ1) is 18.6. The van der Waals surface area contributed by atoms with E-state index in [1.54, 1.807) is 35.2 Å². The fourth-order valence-electron chi connectivity index (χ4n) is 5.31. The van der Waals surface area contributed by atoms with Gasteiger partial charge in [0.1, 0.15) is 18.2 Å². The van der Waals surface area contributed by atoms with Crippen molar-refractivity contribution in [1.82, 2.24) is 14.4 Å². The van der Waals surface area contributed by atoms with Crippen LogP contribution in [0.4, 0.5) is 19.7 Å². The number of rotatable bonds is 9. The van der Waals surface area contributed by atoms with Crippen molar-refractivity contribution in [3.63, 3.8) is 0 Å². The van der Waals surface area contributed by atoms with Crippen molar-refractivity contribution in [2.24, 2.45) is 11.7 Å². The number of amides is 3. The fraction of sp³-hybridized carbons (Fsp3) is 0.393. The van der Waals surface area contributed by atoms with Gasteiger partial charge in [-0.3, -0.25) is 9.36 Å². The number of likely N-dealkylation sites (N-methyl/N-ethyl adjacent to an activating group) is 1. The van der Waals surface area contributed by atoms with Gasteiger partial charge in [-0.2, -0.15) is 0 Å². The Balaban J connectivity index is 1.33. The predicted molar refractivity (Wildman–Crippen MR) is 147 cm³/mol. The third-order valence-electron chi connectivity index (χ3n) is 7.45. The molecule has 0 spiro atoms. The largest absolute Gasteiger partial charge is 0.492 e. The SMILES string of the molecule is CN(C)CCOc1ccc2c(c1)c(NC(=O)N1[C@@H]3C[C@@H]3C[C@H]1C(=O)CCc1cccc(Cl)c1F)cn2C(N)=O. The minimum atomic E-state index is -0.688. The number of carbonyl (C=O) groups excluding carboxylic acids is 3. The summed E-state index contributed by atoms with van der Waals surface area (Å²) in [4.78, 5) is 42.4. The Labute approximate surface area is 230 Å². The normalized spacial score (nSPS) is 19.8. The standard InChI is InChI=1S/C28H31ClFN5O4/c1-33(2)10-11-39-18-7-8-22-19(14-18)21(15-34(22)27(31)37)32-28(38)35-23-12-17(23)13-24(35)25(36)9-6-16-4-3-5-20(29)26(16)30/h3-5,7-8,14-15,17,23-24H,6,9-13H2,1-2H3,(H2,31,37)(H,32,38)/t17-,23-,24+/m1/s1. The highest BCUT2D eigenvalue weighted by Crippen LogP contribution is 2.48. The molecule has 11 heteroatoms. The van der Waals surface area contributed by atoms with Crippen LogP contribution in [0.2, 0.25) is 5.02 Å². The number of fused-ring (bicyclic) bond motifs is 2. The van der Waals surface area contributed by atoms with Crippen LogP contribution in [0.1, 0.15) is 24.8 Å². The van der Waals surface area contributed by atoms with Crippen molar-refractivity contribution in [3.8, 4) is 5.75 Å². The van der Waals surface area contributed by atoms with Gasteiger partial charge >= 0.3 is 12.1 Å². The zero-order valence-electron chi connectivity index (χ0n) is 21.8. The van der Waals surface area contributed by atoms with E-state index in [0.29, 0.717) is 40.9 Å². The van der Waals surface area contributed by atoms with Crippen molar-refractivity contribution >= 4 is 46.0 Å². The van der Waals surface area contributed by atoms with Crippen LogP contribution in [0.5, 0.6) is 5.75 Å². The lowest BCUT2D eigenvalue weighted by Crippen LogP contribution is -2.45. The molecule has 2 heterocycles. The molecule has 3 aromatic rings. The van der Waals surface area contributed by atoms with Gasteiger partial charge in [0.15, 0.2) is 5.78 Å². The summed E-state index contributed by atoms with van der Waals surface area (Å²) < 4.78 is 21.4. The molecule has 2 fully saturated rings. The average Bonchev–Trinajstić information content (AvgIpc) is 3.40. The Morgan fingerprint density at radius 3 is 2.74 bits per heavy atom. The van der Waals surface area contributed by atoms with Gasteiger partial charge in [-0.25, -0.2) is 14.0 Å². The lowest BCUT2D eigenvalue weighted by atomic mass is 10.00. The Hall–Kier alpha value is -3.63. The van der Waals surface area contributed by atoms with E-state index < -0.39 is 23.9 Å². The molecule has 0 bridgehead atoms. The van der Waals surface area contributed by atoms with Gasteiger partial charge in [-0.1, -0.05) is 23.7 Å². The number of likely N-dealkylation sites (tertiary alicyclic amines) is 1. The number of benzene rings is 2. The lowest BCUT2D eigenvalue weighted by molar-refractivity contribution is -0.123. The lowest BCUT2D eigenvalue weighted by Gasteiger charge is -2.27. The summed E-state index contributed by atoms with van der Waals surface area (Å²) in [6.45, 7) is 1.19. The number of hydrogen-bond acceptors (Lipinski definition) is 5. The molecule has 1 aromatic heterocycles. The second kappa shape index (κ2) is 10.9. The molecule has 206 valence electrons. The average molecular weight is 556 g/mol. The number of nitrogens with zero attached hydrogens (tertiary/aromatic N) is 3. The second-order valence-electron chi connectivity index (χ2n) is 10.4. The summed E-state index contributed by atoms with van der Waals surface area (Å²) in [5, 5.41) is 3.51. The molecule has 5 rings (SSSR count). The van der Waals surface area contributed by atoms with E-state index in [1.807, 2.05) is 19.0 Å². The summed E-state index contributed by atoms with van der Waals surface area (Å²) in [7, 11) is 3.90. The molecule has 2 aromatic carbocycles. The Bertz CT molecular complexity index is 1440. The number of hydrogen-bond donors (Lipinski definition) is 2. The molecular formula is C28H31ClFN5O4. The van der Waals surface area contributed by atoms with Crippen LogP contribution in [0.15, 0.2) is 42.6 Å². The van der Waals surface area contributed by atoms with Crippen molar-refractivity contribution in [2.75, 3.05) is 32.6 Å². The highest BCUT2D eigenvalue weighted by Gasteiger charge is 2.55. The maximum Gasteiger partial charge on any atom is 0.323 e. The molecule has 0 unspecified atom stereocenters. The van der Waals surface area contributed by atoms with Crippen LogP contribution in [0.25, 0.3) is 10.9 Å². The van der Waals surface area contributed by atoms with E-state index in [2.05, 4.69) is 5.32 Å². The monoisotopic (exact) mass is 555 g/mol. The van der Waals surface area contributed by atoms with E-state index >= 15 is 0 Å². The van der Waals surface area contributed by atoms with Gasteiger partial charge in [0, 0.05) is 30.6 Å². The number of Topliss-reactive ketones (excluding diaryl/α,β-unsaturated/α-hetero) is 1. The number of aryl methyl sites for hydroxylation is 1. The number of carbonyl (C=O) groups is 3. The number of ketones is 1. The van der Waals surface area contributed by atoms with Gasteiger partial charge in [0.25, 0.3) is 0 Å². The Morgan fingerprint density at radius 2 is 2.00 bits per heavy atom. The molecule has 1 aliphatic heterocycles. The third-order valence-corrected chi connectivity index (χ3v) is 7.74. The first-order valence-corrected chi connectivity index (χ1v) is 13.3. The summed E-state index contributed by atoms with van der Waals surface area (Å²) >= 11 is 5.87. The second-order valence-corrected chi connectivity index (χ2v) is 10.8. The van der Waals surface area contributed by atoms with Gasteiger partial charge in [0.2, 0.25) is 0 Å². The quantitative estimate of drug-likeness (QED) is 0.404. The number of ether oxygens (including phenoxy) is 1. The maximum absolute atomic E-state index is 14.3. The van der Waals surface area contributed by atoms with Crippen LogP contribution in [-0.4, -0.2) is 71.5 Å². The molecule has 3 atom stereocenters. The smallest absolute Gasteiger partial charge is 0.323 e. The van der Waals surface area contributed by atoms with E-state index in [4.69, 9.17) is 22.1 Å². The first kappa shape index (κ1) is 27.0. The Morgan fingerprint density at radius 1 is 1.21 bits per heavy atom. The molecule has 39 heavy (non-hydrogen) atoms. The van der Waals surface area contributed by atoms with Crippen molar-refractivity contribution in [2.45, 2.75) is 37.8 Å². The van der Waals surface area contributed by atoms with Crippen LogP contribution in [0, 0.1) is 11.7 Å². The fourth-order valence-corrected chi connectivity index (χ4v) is 5.50. The van der Waals surface area contributed by atoms with E-state index in [1.165, 1.54) is 16.8 Å². The predicted octanol–water partition coefficient (Wildman–Crippen LogP) is 4.50.